The molecule has 1 aromatic carbocycles. The van der Waals surface area contributed by atoms with Crippen LogP contribution in [0.5, 0.6) is 11.5 Å². The van der Waals surface area contributed by atoms with Gasteiger partial charge in [0.25, 0.3) is 0 Å². The highest BCUT2D eigenvalue weighted by Gasteiger charge is 2.42. The SMILES string of the molecule is CCNC(=NCC1(CCOCC)CC1)N(C)Cc1ccc(OC)cc1OC. The molecule has 1 aliphatic rings. The van der Waals surface area contributed by atoms with Gasteiger partial charge in [0, 0.05) is 51.5 Å². The Bertz CT molecular complexity index is 615. The lowest BCUT2D eigenvalue weighted by molar-refractivity contribution is 0.129. The van der Waals surface area contributed by atoms with E-state index in [2.05, 4.69) is 24.2 Å². The fraction of sp³-hybridized carbons (Fsp3) is 0.667. The second-order valence-electron chi connectivity index (χ2n) is 7.15. The number of aliphatic imine (C=N–C) groups is 1. The zero-order chi connectivity index (χ0) is 19.7. The summed E-state index contributed by atoms with van der Waals surface area (Å²) in [5, 5.41) is 3.41. The minimum Gasteiger partial charge on any atom is -0.497 e. The van der Waals surface area contributed by atoms with E-state index in [0.29, 0.717) is 12.0 Å². The summed E-state index contributed by atoms with van der Waals surface area (Å²) in [6.45, 7) is 8.17. The molecule has 1 fully saturated rings. The number of nitrogens with zero attached hydrogens (tertiary/aromatic N) is 2. The van der Waals surface area contributed by atoms with Crippen molar-refractivity contribution in [1.29, 1.82) is 0 Å². The van der Waals surface area contributed by atoms with Crippen LogP contribution in [0, 0.1) is 5.41 Å². The van der Waals surface area contributed by atoms with Crippen LogP contribution in [-0.4, -0.2) is 58.4 Å². The minimum atomic E-state index is 0.342. The first-order valence-electron chi connectivity index (χ1n) is 9.85. The van der Waals surface area contributed by atoms with Crippen LogP contribution in [0.2, 0.25) is 0 Å². The van der Waals surface area contributed by atoms with Gasteiger partial charge in [-0.05, 0) is 50.7 Å². The number of nitrogens with one attached hydrogen (secondary N) is 1. The van der Waals surface area contributed by atoms with Gasteiger partial charge in [0.2, 0.25) is 0 Å². The summed E-state index contributed by atoms with van der Waals surface area (Å²) in [5.41, 5.74) is 1.44. The normalized spacial score (nSPS) is 15.4. The smallest absolute Gasteiger partial charge is 0.193 e. The maximum atomic E-state index is 5.54. The first-order chi connectivity index (χ1) is 13.1. The van der Waals surface area contributed by atoms with E-state index in [1.165, 1.54) is 12.8 Å². The first kappa shape index (κ1) is 21.4. The van der Waals surface area contributed by atoms with Gasteiger partial charge in [-0.1, -0.05) is 0 Å². The summed E-state index contributed by atoms with van der Waals surface area (Å²) in [7, 11) is 5.41. The van der Waals surface area contributed by atoms with Gasteiger partial charge in [-0.15, -0.1) is 0 Å². The van der Waals surface area contributed by atoms with Crippen LogP contribution in [0.3, 0.4) is 0 Å². The van der Waals surface area contributed by atoms with E-state index < -0.39 is 0 Å². The van der Waals surface area contributed by atoms with E-state index >= 15 is 0 Å². The van der Waals surface area contributed by atoms with E-state index in [1.807, 2.05) is 25.1 Å². The van der Waals surface area contributed by atoms with Crippen LogP contribution >= 0.6 is 0 Å². The molecule has 0 amide bonds. The molecule has 1 saturated carbocycles. The van der Waals surface area contributed by atoms with Gasteiger partial charge in [0.15, 0.2) is 5.96 Å². The summed E-state index contributed by atoms with van der Waals surface area (Å²) in [4.78, 5) is 7.07. The third-order valence-electron chi connectivity index (χ3n) is 5.10. The third-order valence-corrected chi connectivity index (χ3v) is 5.10. The van der Waals surface area contributed by atoms with Crippen molar-refractivity contribution in [3.63, 3.8) is 0 Å². The van der Waals surface area contributed by atoms with Crippen molar-refractivity contribution < 1.29 is 14.2 Å². The molecule has 0 aromatic heterocycles. The number of benzene rings is 1. The number of hydrogen-bond donors (Lipinski definition) is 1. The standard InChI is InChI=1S/C21H35N3O3/c1-6-22-20(23-16-21(10-11-21)12-13-27-7-2)24(3)15-17-8-9-18(25-4)14-19(17)26-5/h8-9,14H,6-7,10-13,15-16H2,1-5H3,(H,22,23). The van der Waals surface area contributed by atoms with Gasteiger partial charge in [0.1, 0.15) is 11.5 Å². The second kappa shape index (κ2) is 10.4. The molecular weight excluding hydrogens is 342 g/mol. The van der Waals surface area contributed by atoms with Crippen LogP contribution in [-0.2, 0) is 11.3 Å². The molecule has 0 spiro atoms. The zero-order valence-corrected chi connectivity index (χ0v) is 17.5. The highest BCUT2D eigenvalue weighted by Crippen LogP contribution is 2.49. The monoisotopic (exact) mass is 377 g/mol. The van der Waals surface area contributed by atoms with Crippen molar-refractivity contribution in [1.82, 2.24) is 10.2 Å². The van der Waals surface area contributed by atoms with Gasteiger partial charge in [-0.25, -0.2) is 0 Å². The Morgan fingerprint density at radius 1 is 1.22 bits per heavy atom. The van der Waals surface area contributed by atoms with E-state index in [4.69, 9.17) is 19.2 Å². The highest BCUT2D eigenvalue weighted by molar-refractivity contribution is 5.79. The zero-order valence-electron chi connectivity index (χ0n) is 17.5. The Morgan fingerprint density at radius 2 is 2.00 bits per heavy atom. The molecule has 0 saturated heterocycles. The average molecular weight is 378 g/mol. The van der Waals surface area contributed by atoms with Crippen molar-refractivity contribution in [3.05, 3.63) is 23.8 Å². The summed E-state index contributed by atoms with van der Waals surface area (Å²) in [5.74, 6) is 2.55. The lowest BCUT2D eigenvalue weighted by Gasteiger charge is -2.24. The predicted molar refractivity (Wildman–Crippen MR) is 110 cm³/mol. The second-order valence-corrected chi connectivity index (χ2v) is 7.15. The average Bonchev–Trinajstić information content (AvgIpc) is 3.45. The molecule has 0 aliphatic heterocycles. The van der Waals surface area contributed by atoms with Crippen molar-refractivity contribution in [3.8, 4) is 11.5 Å². The van der Waals surface area contributed by atoms with Crippen LogP contribution in [0.4, 0.5) is 0 Å². The Balaban J connectivity index is 2.03. The molecule has 1 aliphatic carbocycles. The van der Waals surface area contributed by atoms with Crippen LogP contribution in [0.25, 0.3) is 0 Å². The summed E-state index contributed by atoms with van der Waals surface area (Å²) in [6.07, 6.45) is 3.59. The highest BCUT2D eigenvalue weighted by atomic mass is 16.5. The van der Waals surface area contributed by atoms with Gasteiger partial charge >= 0.3 is 0 Å². The Labute approximate surface area is 163 Å². The van der Waals surface area contributed by atoms with Gasteiger partial charge < -0.3 is 24.4 Å². The number of rotatable bonds is 11. The number of ether oxygens (including phenoxy) is 3. The summed E-state index contributed by atoms with van der Waals surface area (Å²) >= 11 is 0. The van der Waals surface area contributed by atoms with E-state index in [-0.39, 0.29) is 0 Å². The number of methoxy groups -OCH3 is 2. The molecule has 0 unspecified atom stereocenters. The molecule has 1 aromatic rings. The molecule has 0 atom stereocenters. The maximum Gasteiger partial charge on any atom is 0.193 e. The molecule has 27 heavy (non-hydrogen) atoms. The van der Waals surface area contributed by atoms with Crippen LogP contribution < -0.4 is 14.8 Å². The van der Waals surface area contributed by atoms with Crippen LogP contribution in [0.15, 0.2) is 23.2 Å². The molecule has 0 heterocycles. The summed E-state index contributed by atoms with van der Waals surface area (Å²) < 4.78 is 16.3. The van der Waals surface area contributed by atoms with Crippen molar-refractivity contribution >= 4 is 5.96 Å². The number of hydrogen-bond acceptors (Lipinski definition) is 4. The molecule has 1 N–H and O–H groups in total. The predicted octanol–water partition coefficient (Wildman–Crippen LogP) is 3.31. The molecule has 6 heteroatoms. The Hall–Kier alpha value is -1.95. The maximum absolute atomic E-state index is 5.54. The van der Waals surface area contributed by atoms with Gasteiger partial charge in [-0.3, -0.25) is 4.99 Å². The van der Waals surface area contributed by atoms with E-state index in [0.717, 1.165) is 55.7 Å². The fourth-order valence-corrected chi connectivity index (χ4v) is 3.12. The van der Waals surface area contributed by atoms with Crippen LogP contribution in [0.1, 0.15) is 38.7 Å². The Kier molecular flexibility index (Phi) is 8.23. The molecule has 2 rings (SSSR count). The molecular formula is C21H35N3O3. The van der Waals surface area contributed by atoms with Crippen molar-refractivity contribution in [2.24, 2.45) is 10.4 Å². The van der Waals surface area contributed by atoms with Crippen molar-refractivity contribution in [2.45, 2.75) is 39.7 Å². The first-order valence-corrected chi connectivity index (χ1v) is 9.85. The Morgan fingerprint density at radius 3 is 2.59 bits per heavy atom. The van der Waals surface area contributed by atoms with E-state index in [9.17, 15) is 0 Å². The fourth-order valence-electron chi connectivity index (χ4n) is 3.12. The topological polar surface area (TPSA) is 55.3 Å². The molecule has 6 nitrogen and oxygen atoms in total. The lowest BCUT2D eigenvalue weighted by Crippen LogP contribution is -2.39. The quantitative estimate of drug-likeness (QED) is 0.364. The van der Waals surface area contributed by atoms with E-state index in [1.54, 1.807) is 14.2 Å². The molecule has 0 radical (unpaired) electrons. The molecule has 0 bridgehead atoms. The lowest BCUT2D eigenvalue weighted by atomic mass is 10.0. The number of guanidine groups is 1. The third kappa shape index (κ3) is 6.31. The largest absolute Gasteiger partial charge is 0.497 e. The van der Waals surface area contributed by atoms with Gasteiger partial charge in [-0.2, -0.15) is 0 Å². The minimum absolute atomic E-state index is 0.342. The van der Waals surface area contributed by atoms with Gasteiger partial charge in [0.05, 0.1) is 14.2 Å². The molecule has 152 valence electrons. The van der Waals surface area contributed by atoms with Crippen molar-refractivity contribution in [2.75, 3.05) is 47.6 Å². The summed E-state index contributed by atoms with van der Waals surface area (Å²) in [6, 6.07) is 5.92.